The molecule has 5 N–H and O–H groups in total. The van der Waals surface area contributed by atoms with E-state index in [9.17, 15) is 28.2 Å². The second-order valence-corrected chi connectivity index (χ2v) is 19.5. The van der Waals surface area contributed by atoms with Gasteiger partial charge in [0.25, 0.3) is 11.5 Å². The Hall–Kier alpha value is -3.77. The van der Waals surface area contributed by atoms with Crippen LogP contribution >= 0.6 is 30.9 Å². The van der Waals surface area contributed by atoms with E-state index in [0.29, 0.717) is 38.0 Å². The average Bonchev–Trinajstić information content (AvgIpc) is 3.54. The number of nitrogens with two attached hydrogens (primary N) is 1. The lowest BCUT2D eigenvalue weighted by atomic mass is 9.92. The molecule has 5 rings (SSSR count). The summed E-state index contributed by atoms with van der Waals surface area (Å²) in [5.74, 6) is 7.32. The van der Waals surface area contributed by atoms with Crippen molar-refractivity contribution in [3.63, 3.8) is 0 Å². The molecule has 2 aliphatic rings. The average molecular weight is 832 g/mol. The molecule has 0 saturated heterocycles. The number of amides is 1. The molecule has 1 unspecified atom stereocenters. The van der Waals surface area contributed by atoms with Gasteiger partial charge in [0.2, 0.25) is 9.96 Å². The summed E-state index contributed by atoms with van der Waals surface area (Å²) in [4.78, 5) is 58.0. The number of carbonyl (C=O) groups is 2. The maximum absolute atomic E-state index is 14.5. The van der Waals surface area contributed by atoms with Crippen molar-refractivity contribution in [2.24, 2.45) is 10.4 Å². The van der Waals surface area contributed by atoms with E-state index in [4.69, 9.17) is 27.0 Å². The minimum absolute atomic E-state index is 0.0964. The van der Waals surface area contributed by atoms with Gasteiger partial charge in [0.05, 0.1) is 43.8 Å². The second kappa shape index (κ2) is 19.7. The summed E-state index contributed by atoms with van der Waals surface area (Å²) >= 11 is 2.53. The van der Waals surface area contributed by atoms with Crippen LogP contribution in [0.25, 0.3) is 0 Å². The van der Waals surface area contributed by atoms with Gasteiger partial charge in [-0.2, -0.15) is 9.05 Å². The Morgan fingerprint density at radius 2 is 1.93 bits per heavy atom. The van der Waals surface area contributed by atoms with Crippen LogP contribution in [0, 0.1) is 23.6 Å². The molecule has 0 spiro atoms. The Bertz CT molecular complexity index is 2010. The Labute approximate surface area is 324 Å². The van der Waals surface area contributed by atoms with Crippen LogP contribution in [0.5, 0.6) is 5.75 Å². The van der Waals surface area contributed by atoms with Gasteiger partial charge in [-0.25, -0.2) is 9.38 Å². The Balaban J connectivity index is 0.000000303. The molecule has 0 bridgehead atoms. The van der Waals surface area contributed by atoms with Crippen LogP contribution in [-0.2, 0) is 43.4 Å². The van der Waals surface area contributed by atoms with Gasteiger partial charge < -0.3 is 34.6 Å². The molecule has 17 nitrogen and oxygen atoms in total. The summed E-state index contributed by atoms with van der Waals surface area (Å²) in [6.45, 7) is 10.3. The molecule has 1 aromatic carbocycles. The van der Waals surface area contributed by atoms with Gasteiger partial charge in [-0.3, -0.25) is 24.6 Å². The molecule has 22 heteroatoms. The fourth-order valence-electron chi connectivity index (χ4n) is 4.54. The first-order valence-corrected chi connectivity index (χ1v) is 22.2. The van der Waals surface area contributed by atoms with E-state index in [0.717, 1.165) is 23.5 Å². The molecule has 0 radical (unpaired) electrons. The van der Waals surface area contributed by atoms with Crippen LogP contribution in [0.2, 0.25) is 0 Å². The zero-order valence-corrected chi connectivity index (χ0v) is 34.9. The zero-order valence-electron chi connectivity index (χ0n) is 31.6. The molecule has 1 amide bonds. The number of terminal acetylenes is 1. The van der Waals surface area contributed by atoms with Crippen molar-refractivity contribution in [1.82, 2.24) is 29.1 Å². The topological polar surface area (TPSA) is 243 Å². The summed E-state index contributed by atoms with van der Waals surface area (Å²) in [6, 6.07) is 2.76. The molecule has 3 aromatic rings. The molecule has 0 aliphatic carbocycles. The predicted molar refractivity (Wildman–Crippen MR) is 208 cm³/mol. The van der Waals surface area contributed by atoms with Gasteiger partial charge in [0.1, 0.15) is 30.6 Å². The van der Waals surface area contributed by atoms with E-state index in [1.807, 2.05) is 30.7 Å². The summed E-state index contributed by atoms with van der Waals surface area (Å²) in [5.41, 5.74) is 0.453. The van der Waals surface area contributed by atoms with Gasteiger partial charge in [0.15, 0.2) is 12.4 Å². The van der Waals surface area contributed by atoms with Gasteiger partial charge in [0, 0.05) is 36.0 Å². The number of hydrogen-bond acceptors (Lipinski definition) is 14. The van der Waals surface area contributed by atoms with E-state index < -0.39 is 32.2 Å². The van der Waals surface area contributed by atoms with Crippen LogP contribution < -0.4 is 36.1 Å². The number of carboxylic acid groups (broad SMARTS) is 1. The molecule has 0 saturated carbocycles. The lowest BCUT2D eigenvalue weighted by molar-refractivity contribution is -0.193. The minimum Gasteiger partial charge on any atom is -0.778 e. The number of nitrogens with zero attached hydrogens (tertiary/aromatic N) is 7. The molecule has 2 aromatic heterocycles. The number of rotatable bonds is 7. The number of benzene rings is 1. The van der Waals surface area contributed by atoms with Crippen LogP contribution in [0.3, 0.4) is 0 Å². The molecule has 298 valence electrons. The standard InChI is InChI=1S/C18H17FN4O2S.C8H14N4OS.C3H8NO5P.C3H9S/c1-4-5-22-13-7-12(11(19)6-14(13)25-9-16(22)24)20-17-23-10-18(2,3)8-15(23)21-26-17;1-8(2,3)5-6(13)12(9)7(14-4)11-10-5;5-3(6)1-4-2-10(7,8)9;1-4(2)3/h1,6-7H,5,8-10H2,2-3H3;9H2,1-4H3;4H,1-2H2,(H,5,6)(H2,7,8,9);1-3H3/q;;;+1/p-1. The van der Waals surface area contributed by atoms with Crippen molar-refractivity contribution in [2.45, 2.75) is 58.2 Å². The summed E-state index contributed by atoms with van der Waals surface area (Å²) in [6.07, 6.45) is 13.9. The molecule has 2 aliphatic heterocycles. The largest absolute Gasteiger partial charge is 0.778 e. The number of aliphatic carboxylic acids is 1. The van der Waals surface area contributed by atoms with E-state index in [-0.39, 0.29) is 41.1 Å². The number of nitrogen functional groups attached to an aromatic ring is 1. The molecule has 4 heterocycles. The quantitative estimate of drug-likeness (QED) is 0.0863. The number of thioether (sulfide) groups is 1. The summed E-state index contributed by atoms with van der Waals surface area (Å²) in [5, 5.41) is 18.2. The number of carboxylic acids is 1. The van der Waals surface area contributed by atoms with Crippen LogP contribution in [0.4, 0.5) is 15.8 Å². The molecule has 1 atom stereocenters. The van der Waals surface area contributed by atoms with Crippen LogP contribution in [-0.4, -0.2) is 96.7 Å². The SMILES string of the molecule is C#CCN1C(=O)COc2cc(F)c(N=c3snc4n3CC(C)(C)C4)cc21.CSc1nnc(C(C)(C)C)c(=O)n1N.C[S+](C)C.O=C(O)CNCP(=O)([O-])O. The first-order valence-electron chi connectivity index (χ1n) is 15.9. The van der Waals surface area contributed by atoms with E-state index >= 15 is 0 Å². The normalized spacial score (nSPS) is 15.5. The molecular formula is C32H47FN9O8PS3. The lowest BCUT2D eigenvalue weighted by Crippen LogP contribution is -2.39. The van der Waals surface area contributed by atoms with Gasteiger partial charge >= 0.3 is 5.97 Å². The van der Waals surface area contributed by atoms with Crippen LogP contribution in [0.15, 0.2) is 27.1 Å². The van der Waals surface area contributed by atoms with Gasteiger partial charge in [-0.1, -0.05) is 52.3 Å². The smallest absolute Gasteiger partial charge is 0.317 e. The van der Waals surface area contributed by atoms with Crippen molar-refractivity contribution in [1.29, 1.82) is 0 Å². The monoisotopic (exact) mass is 831 g/mol. The Morgan fingerprint density at radius 3 is 2.46 bits per heavy atom. The second-order valence-electron chi connectivity index (χ2n) is 14.0. The Morgan fingerprint density at radius 1 is 1.30 bits per heavy atom. The number of carbonyl (C=O) groups excluding carboxylic acids is 1. The predicted octanol–water partition coefficient (Wildman–Crippen LogP) is 1.29. The number of hydrogen-bond donors (Lipinski definition) is 4. The van der Waals surface area contributed by atoms with Gasteiger partial charge in [-0.05, 0) is 28.6 Å². The third-order valence-electron chi connectivity index (χ3n) is 6.78. The number of fused-ring (bicyclic) bond motifs is 2. The van der Waals surface area contributed by atoms with Crippen molar-refractivity contribution in [3.8, 4) is 18.1 Å². The number of halogens is 1. The summed E-state index contributed by atoms with van der Waals surface area (Å²) in [7, 11) is -3.71. The van der Waals surface area contributed by atoms with Gasteiger partial charge in [-0.15, -0.1) is 16.6 Å². The third-order valence-corrected chi connectivity index (χ3v) is 8.82. The van der Waals surface area contributed by atoms with Crippen LogP contribution in [0.1, 0.15) is 46.1 Å². The highest BCUT2D eigenvalue weighted by Gasteiger charge is 2.31. The fraction of sp³-hybridized carbons (Fsp3) is 0.531. The van der Waals surface area contributed by atoms with Crippen molar-refractivity contribution in [2.75, 3.05) is 61.7 Å². The molecular weight excluding hydrogens is 785 g/mol. The van der Waals surface area contributed by atoms with Crippen molar-refractivity contribution >= 4 is 65.0 Å². The van der Waals surface area contributed by atoms with Crippen molar-refractivity contribution < 1.29 is 38.2 Å². The molecule has 54 heavy (non-hydrogen) atoms. The maximum Gasteiger partial charge on any atom is 0.317 e. The van der Waals surface area contributed by atoms with E-state index in [1.165, 1.54) is 40.3 Å². The highest BCUT2D eigenvalue weighted by Crippen LogP contribution is 2.37. The number of ether oxygens (including phenoxy) is 1. The third kappa shape index (κ3) is 14.1. The maximum atomic E-state index is 14.5. The number of anilines is 1. The van der Waals surface area contributed by atoms with E-state index in [2.05, 4.69) is 58.1 Å². The highest BCUT2D eigenvalue weighted by atomic mass is 32.2. The Kier molecular flexibility index (Phi) is 16.9. The fourth-order valence-corrected chi connectivity index (χ4v) is 6.10. The van der Waals surface area contributed by atoms with Crippen molar-refractivity contribution in [3.05, 3.63) is 44.6 Å². The summed E-state index contributed by atoms with van der Waals surface area (Å²) < 4.78 is 37.3. The number of aromatic nitrogens is 5. The number of nitrogens with one attached hydrogen (secondary N) is 1. The highest BCUT2D eigenvalue weighted by molar-refractivity contribution is 7.98. The first kappa shape index (κ1) is 46.4. The first-order chi connectivity index (χ1) is 24.9. The lowest BCUT2D eigenvalue weighted by Gasteiger charge is -2.28. The minimum atomic E-state index is -4.35. The van der Waals surface area contributed by atoms with E-state index in [1.54, 1.807) is 6.26 Å². The zero-order chi connectivity index (χ0) is 41.2. The molecule has 0 fully saturated rings.